The first kappa shape index (κ1) is 21.7. The van der Waals surface area contributed by atoms with Gasteiger partial charge in [-0.25, -0.2) is 4.79 Å². The third-order valence-corrected chi connectivity index (χ3v) is 6.40. The van der Waals surface area contributed by atoms with E-state index >= 15 is 0 Å². The average Bonchev–Trinajstić information content (AvgIpc) is 2.86. The Bertz CT molecular complexity index is 1290. The number of hydrogen-bond acceptors (Lipinski definition) is 5. The van der Waals surface area contributed by atoms with Crippen LogP contribution in [-0.4, -0.2) is 46.6 Å². The first-order valence-electron chi connectivity index (χ1n) is 11.2. The molecule has 3 aromatic rings. The lowest BCUT2D eigenvalue weighted by Crippen LogP contribution is -2.49. The predicted octanol–water partition coefficient (Wildman–Crippen LogP) is 3.16. The maximum absolute atomic E-state index is 13.2. The largest absolute Gasteiger partial charge is 0.495 e. The summed E-state index contributed by atoms with van der Waals surface area (Å²) in [5.41, 5.74) is 1.93. The van der Waals surface area contributed by atoms with Crippen LogP contribution in [0.5, 0.6) is 5.75 Å². The SMILES string of the molecule is COc1ccccc1NC(=O)Nc1ccc2n(c1=O)CC1CC2CN(C(=O)c2cccnc2)C1. The fourth-order valence-corrected chi connectivity index (χ4v) is 4.90. The van der Waals surface area contributed by atoms with Gasteiger partial charge in [0.25, 0.3) is 11.5 Å². The quantitative estimate of drug-likeness (QED) is 0.624. The molecule has 174 valence electrons. The van der Waals surface area contributed by atoms with E-state index in [9.17, 15) is 14.4 Å². The maximum atomic E-state index is 13.2. The molecule has 2 N–H and O–H groups in total. The van der Waals surface area contributed by atoms with E-state index in [0.29, 0.717) is 36.6 Å². The number of para-hydroxylation sites is 2. The van der Waals surface area contributed by atoms with Crippen molar-refractivity contribution >= 4 is 23.3 Å². The first-order chi connectivity index (χ1) is 16.5. The molecular formula is C25H25N5O4. The molecule has 9 nitrogen and oxygen atoms in total. The Morgan fingerprint density at radius 1 is 1.00 bits per heavy atom. The smallest absolute Gasteiger partial charge is 0.323 e. The molecule has 34 heavy (non-hydrogen) atoms. The Kier molecular flexibility index (Phi) is 5.75. The molecule has 1 saturated heterocycles. The fraction of sp³-hybridized carbons (Fsp3) is 0.280. The van der Waals surface area contributed by atoms with Crippen LogP contribution < -0.4 is 20.9 Å². The summed E-state index contributed by atoms with van der Waals surface area (Å²) in [6, 6.07) is 13.6. The lowest BCUT2D eigenvalue weighted by atomic mass is 9.83. The Morgan fingerprint density at radius 2 is 1.82 bits per heavy atom. The number of anilines is 2. The van der Waals surface area contributed by atoms with E-state index in [-0.39, 0.29) is 29.0 Å². The minimum Gasteiger partial charge on any atom is -0.495 e. The normalized spacial score (nSPS) is 18.6. The van der Waals surface area contributed by atoms with Crippen molar-refractivity contribution in [2.75, 3.05) is 30.8 Å². The summed E-state index contributed by atoms with van der Waals surface area (Å²) in [5, 5.41) is 5.38. The molecule has 4 heterocycles. The first-order valence-corrected chi connectivity index (χ1v) is 11.2. The fourth-order valence-electron chi connectivity index (χ4n) is 4.90. The van der Waals surface area contributed by atoms with Crippen LogP contribution in [0.4, 0.5) is 16.2 Å². The van der Waals surface area contributed by atoms with Gasteiger partial charge in [0.1, 0.15) is 11.4 Å². The topological polar surface area (TPSA) is 106 Å². The summed E-state index contributed by atoms with van der Waals surface area (Å²) in [5.74, 6) is 0.724. The maximum Gasteiger partial charge on any atom is 0.323 e. The Hall–Kier alpha value is -4.14. The number of urea groups is 1. The molecule has 3 amide bonds. The van der Waals surface area contributed by atoms with Crippen LogP contribution in [0.25, 0.3) is 0 Å². The molecule has 2 unspecified atom stereocenters. The molecule has 2 aromatic heterocycles. The molecule has 1 aromatic carbocycles. The molecule has 5 rings (SSSR count). The number of nitrogens with zero attached hydrogens (tertiary/aromatic N) is 3. The number of methoxy groups -OCH3 is 1. The van der Waals surface area contributed by atoms with Crippen molar-refractivity contribution in [3.63, 3.8) is 0 Å². The molecule has 2 atom stereocenters. The Balaban J connectivity index is 1.33. The van der Waals surface area contributed by atoms with Crippen LogP contribution in [0.1, 0.15) is 28.4 Å². The van der Waals surface area contributed by atoms with E-state index in [4.69, 9.17) is 4.74 Å². The summed E-state index contributed by atoms with van der Waals surface area (Å²) in [6.45, 7) is 1.64. The number of aromatic nitrogens is 2. The number of nitrogens with one attached hydrogen (secondary N) is 2. The monoisotopic (exact) mass is 459 g/mol. The number of hydrogen-bond donors (Lipinski definition) is 2. The standard InChI is InChI=1S/C25H25N5O4/c1-34-22-7-3-2-6-19(22)27-25(33)28-20-8-9-21-18-11-16(14-30(21)24(20)32)13-29(15-18)23(31)17-5-4-10-26-12-17/h2-10,12,16,18H,11,13-15H2,1H3,(H2,27,28,33). The summed E-state index contributed by atoms with van der Waals surface area (Å²) in [4.78, 5) is 44.6. The summed E-state index contributed by atoms with van der Waals surface area (Å²) in [7, 11) is 1.52. The minimum absolute atomic E-state index is 0.0371. The van der Waals surface area contributed by atoms with Crippen molar-refractivity contribution in [2.24, 2.45) is 5.92 Å². The van der Waals surface area contributed by atoms with Gasteiger partial charge in [-0.15, -0.1) is 0 Å². The molecular weight excluding hydrogens is 434 g/mol. The molecule has 2 aliphatic heterocycles. The minimum atomic E-state index is -0.522. The number of fused-ring (bicyclic) bond motifs is 4. The van der Waals surface area contributed by atoms with E-state index in [1.165, 1.54) is 7.11 Å². The second-order valence-corrected chi connectivity index (χ2v) is 8.62. The number of likely N-dealkylation sites (tertiary alicyclic amines) is 1. The van der Waals surface area contributed by atoms with Gasteiger partial charge in [-0.2, -0.15) is 0 Å². The highest BCUT2D eigenvalue weighted by Gasteiger charge is 2.37. The van der Waals surface area contributed by atoms with Crippen molar-refractivity contribution in [2.45, 2.75) is 18.9 Å². The van der Waals surface area contributed by atoms with Crippen molar-refractivity contribution in [1.82, 2.24) is 14.5 Å². The second kappa shape index (κ2) is 9.01. The number of pyridine rings is 2. The van der Waals surface area contributed by atoms with Crippen molar-refractivity contribution < 1.29 is 14.3 Å². The predicted molar refractivity (Wildman–Crippen MR) is 127 cm³/mol. The van der Waals surface area contributed by atoms with Crippen LogP contribution in [0.3, 0.4) is 0 Å². The lowest BCUT2D eigenvalue weighted by molar-refractivity contribution is 0.0594. The van der Waals surface area contributed by atoms with Gasteiger partial charge in [-0.3, -0.25) is 14.6 Å². The zero-order valence-electron chi connectivity index (χ0n) is 18.7. The summed E-state index contributed by atoms with van der Waals surface area (Å²) in [6.07, 6.45) is 4.16. The van der Waals surface area contributed by atoms with Gasteiger partial charge >= 0.3 is 6.03 Å². The molecule has 9 heteroatoms. The number of rotatable bonds is 4. The van der Waals surface area contributed by atoms with Gasteiger partial charge in [-0.05, 0) is 48.7 Å². The highest BCUT2D eigenvalue weighted by atomic mass is 16.5. The Labute approximate surface area is 196 Å². The average molecular weight is 460 g/mol. The third-order valence-electron chi connectivity index (χ3n) is 6.40. The lowest BCUT2D eigenvalue weighted by Gasteiger charge is -2.42. The van der Waals surface area contributed by atoms with E-state index < -0.39 is 6.03 Å². The highest BCUT2D eigenvalue weighted by Crippen LogP contribution is 2.36. The number of benzene rings is 1. The van der Waals surface area contributed by atoms with Crippen LogP contribution in [0, 0.1) is 5.92 Å². The van der Waals surface area contributed by atoms with Crippen LogP contribution in [0.15, 0.2) is 65.7 Å². The second-order valence-electron chi connectivity index (χ2n) is 8.62. The van der Waals surface area contributed by atoms with E-state index in [0.717, 1.165) is 12.1 Å². The van der Waals surface area contributed by atoms with Crippen LogP contribution in [0.2, 0.25) is 0 Å². The van der Waals surface area contributed by atoms with E-state index in [1.54, 1.807) is 59.4 Å². The summed E-state index contributed by atoms with van der Waals surface area (Å²) < 4.78 is 6.99. The molecule has 0 spiro atoms. The van der Waals surface area contributed by atoms with Gasteiger partial charge in [0.15, 0.2) is 0 Å². The number of piperidine rings is 1. The molecule has 0 aliphatic carbocycles. The molecule has 0 saturated carbocycles. The van der Waals surface area contributed by atoms with E-state index in [2.05, 4.69) is 15.6 Å². The molecule has 1 fully saturated rings. The van der Waals surface area contributed by atoms with E-state index in [1.807, 2.05) is 11.0 Å². The zero-order valence-corrected chi connectivity index (χ0v) is 18.7. The third kappa shape index (κ3) is 4.12. The number of amides is 3. The van der Waals surface area contributed by atoms with Gasteiger partial charge < -0.3 is 24.8 Å². The number of ether oxygens (including phenoxy) is 1. The number of carbonyl (C=O) groups is 2. The van der Waals surface area contributed by atoms with Gasteiger partial charge in [-0.1, -0.05) is 12.1 Å². The van der Waals surface area contributed by atoms with Crippen molar-refractivity contribution in [3.05, 3.63) is 82.5 Å². The van der Waals surface area contributed by atoms with Crippen molar-refractivity contribution in [1.29, 1.82) is 0 Å². The number of carbonyl (C=O) groups excluding carboxylic acids is 2. The van der Waals surface area contributed by atoms with Crippen LogP contribution in [-0.2, 0) is 6.54 Å². The Morgan fingerprint density at radius 3 is 2.62 bits per heavy atom. The molecule has 2 aliphatic rings. The van der Waals surface area contributed by atoms with Crippen LogP contribution >= 0.6 is 0 Å². The van der Waals surface area contributed by atoms with Gasteiger partial charge in [0.05, 0.1) is 18.4 Å². The van der Waals surface area contributed by atoms with Gasteiger partial charge in [0.2, 0.25) is 0 Å². The van der Waals surface area contributed by atoms with Gasteiger partial charge in [0, 0.05) is 43.6 Å². The highest BCUT2D eigenvalue weighted by molar-refractivity contribution is 6.00. The van der Waals surface area contributed by atoms with Crippen molar-refractivity contribution in [3.8, 4) is 5.75 Å². The molecule has 0 radical (unpaired) electrons. The zero-order chi connectivity index (χ0) is 23.7. The summed E-state index contributed by atoms with van der Waals surface area (Å²) >= 11 is 0. The molecule has 2 bridgehead atoms.